The SMILES string of the molecule is CCC(=Cc1sc2ccc(F)cc2[n+]1CCCS(=O)(=O)O)C=C1Nc2ccccc2S1. The van der Waals surface area contributed by atoms with Crippen LogP contribution in [-0.2, 0) is 16.7 Å². The summed E-state index contributed by atoms with van der Waals surface area (Å²) >= 11 is 3.21. The molecule has 9 heteroatoms. The van der Waals surface area contributed by atoms with Crippen LogP contribution in [0, 0.1) is 5.82 Å². The highest BCUT2D eigenvalue weighted by Gasteiger charge is 2.21. The number of benzene rings is 2. The number of hydrogen-bond donors (Lipinski definition) is 2. The monoisotopic (exact) mass is 477 g/mol. The Balaban J connectivity index is 1.67. The van der Waals surface area contributed by atoms with Gasteiger partial charge in [0, 0.05) is 23.5 Å². The van der Waals surface area contributed by atoms with Gasteiger partial charge in [-0.05, 0) is 42.3 Å². The molecule has 0 spiro atoms. The van der Waals surface area contributed by atoms with Crippen molar-refractivity contribution in [3.63, 3.8) is 0 Å². The zero-order valence-electron chi connectivity index (χ0n) is 16.8. The standard InChI is InChI=1S/C22H21FN2O3S3/c1-2-15(12-21-24-17-6-3-4-7-19(17)29-21)13-22-25(10-5-11-31(26,27)28)18-14-16(23)8-9-20(18)30-22/h3-4,6-9,12-14H,2,5,10-11H2,1H3,(H,26,27,28)/p+1. The number of aryl methyl sites for hydroxylation is 1. The maximum absolute atomic E-state index is 13.9. The molecule has 31 heavy (non-hydrogen) atoms. The Kier molecular flexibility index (Phi) is 6.47. The van der Waals surface area contributed by atoms with Gasteiger partial charge in [0.1, 0.15) is 10.5 Å². The van der Waals surface area contributed by atoms with Crippen molar-refractivity contribution < 1.29 is 21.9 Å². The first kappa shape index (κ1) is 22.0. The summed E-state index contributed by atoms with van der Waals surface area (Å²) in [4.78, 5) is 1.18. The summed E-state index contributed by atoms with van der Waals surface area (Å²) in [6, 6.07) is 12.8. The minimum atomic E-state index is -4.04. The number of anilines is 1. The molecule has 2 heterocycles. The molecule has 162 valence electrons. The lowest BCUT2D eigenvalue weighted by Crippen LogP contribution is -2.36. The second-order valence-corrected chi connectivity index (χ2v) is 10.9. The second kappa shape index (κ2) is 9.12. The summed E-state index contributed by atoms with van der Waals surface area (Å²) in [5.74, 6) is -0.675. The van der Waals surface area contributed by atoms with Crippen molar-refractivity contribution in [2.45, 2.75) is 31.2 Å². The van der Waals surface area contributed by atoms with Gasteiger partial charge in [-0.3, -0.25) is 4.55 Å². The molecule has 1 aliphatic rings. The minimum Gasteiger partial charge on any atom is -0.349 e. The number of thioether (sulfide) groups is 1. The molecule has 0 bridgehead atoms. The number of aromatic nitrogens is 1. The van der Waals surface area contributed by atoms with Crippen LogP contribution >= 0.6 is 23.1 Å². The van der Waals surface area contributed by atoms with Crippen LogP contribution in [-0.4, -0.2) is 18.7 Å². The number of thiazole rings is 1. The van der Waals surface area contributed by atoms with Crippen molar-refractivity contribution in [3.05, 3.63) is 70.0 Å². The fourth-order valence-corrected chi connectivity index (χ4v) is 6.01. The highest BCUT2D eigenvalue weighted by atomic mass is 32.2. The molecule has 1 aliphatic heterocycles. The average Bonchev–Trinajstić information content (AvgIpc) is 3.27. The molecule has 1 aromatic heterocycles. The summed E-state index contributed by atoms with van der Waals surface area (Å²) < 4.78 is 48.1. The predicted molar refractivity (Wildman–Crippen MR) is 125 cm³/mol. The van der Waals surface area contributed by atoms with E-state index in [0.29, 0.717) is 6.54 Å². The first-order valence-electron chi connectivity index (χ1n) is 9.85. The number of hydrogen-bond acceptors (Lipinski definition) is 5. The molecule has 2 N–H and O–H groups in total. The summed E-state index contributed by atoms with van der Waals surface area (Å²) in [6.45, 7) is 2.44. The van der Waals surface area contributed by atoms with Gasteiger partial charge >= 0.3 is 0 Å². The van der Waals surface area contributed by atoms with Gasteiger partial charge in [-0.15, -0.1) is 0 Å². The van der Waals surface area contributed by atoms with E-state index in [0.717, 1.165) is 37.9 Å². The van der Waals surface area contributed by atoms with E-state index < -0.39 is 10.1 Å². The van der Waals surface area contributed by atoms with Crippen molar-refractivity contribution in [1.82, 2.24) is 0 Å². The highest BCUT2D eigenvalue weighted by Crippen LogP contribution is 2.41. The third kappa shape index (κ3) is 5.35. The number of nitrogens with one attached hydrogen (secondary N) is 1. The van der Waals surface area contributed by atoms with E-state index in [1.807, 2.05) is 22.8 Å². The molecular formula is C22H22FN2O3S3+. The number of fused-ring (bicyclic) bond motifs is 2. The van der Waals surface area contributed by atoms with E-state index in [2.05, 4.69) is 30.5 Å². The van der Waals surface area contributed by atoms with E-state index in [4.69, 9.17) is 4.55 Å². The smallest absolute Gasteiger partial charge is 0.265 e. The van der Waals surface area contributed by atoms with Crippen LogP contribution in [0.1, 0.15) is 24.8 Å². The number of nitrogens with zero attached hydrogens (tertiary/aromatic N) is 1. The van der Waals surface area contributed by atoms with Crippen molar-refractivity contribution in [1.29, 1.82) is 0 Å². The van der Waals surface area contributed by atoms with Crippen LogP contribution in [0.25, 0.3) is 16.3 Å². The van der Waals surface area contributed by atoms with E-state index >= 15 is 0 Å². The molecule has 2 aromatic carbocycles. The van der Waals surface area contributed by atoms with Crippen molar-refractivity contribution in [2.75, 3.05) is 11.1 Å². The van der Waals surface area contributed by atoms with Gasteiger partial charge in [-0.1, -0.05) is 42.2 Å². The number of para-hydroxylation sites is 1. The Morgan fingerprint density at radius 3 is 2.81 bits per heavy atom. The van der Waals surface area contributed by atoms with Gasteiger partial charge in [0.2, 0.25) is 5.52 Å². The molecule has 0 saturated heterocycles. The number of rotatable bonds is 7. The molecule has 0 saturated carbocycles. The molecule has 0 atom stereocenters. The Bertz CT molecular complexity index is 1270. The van der Waals surface area contributed by atoms with Crippen LogP contribution in [0.4, 0.5) is 10.1 Å². The molecular weight excluding hydrogens is 455 g/mol. The van der Waals surface area contributed by atoms with Gasteiger partial charge in [0.25, 0.3) is 15.1 Å². The molecule has 5 nitrogen and oxygen atoms in total. The first-order chi connectivity index (χ1) is 14.8. The lowest BCUT2D eigenvalue weighted by Gasteiger charge is -2.02. The lowest BCUT2D eigenvalue weighted by atomic mass is 10.2. The Morgan fingerprint density at radius 2 is 2.06 bits per heavy atom. The van der Waals surface area contributed by atoms with Crippen LogP contribution in [0.2, 0.25) is 0 Å². The maximum Gasteiger partial charge on any atom is 0.265 e. The quantitative estimate of drug-likeness (QED) is 0.349. The summed E-state index contributed by atoms with van der Waals surface area (Å²) in [5.41, 5.74) is 2.90. The van der Waals surface area contributed by atoms with Crippen molar-refractivity contribution >= 4 is 55.2 Å². The van der Waals surface area contributed by atoms with Gasteiger partial charge < -0.3 is 5.32 Å². The van der Waals surface area contributed by atoms with Gasteiger partial charge in [0.15, 0.2) is 6.54 Å². The first-order valence-corrected chi connectivity index (χ1v) is 13.1. The van der Waals surface area contributed by atoms with Gasteiger partial charge in [0.05, 0.1) is 16.5 Å². The third-order valence-corrected chi connectivity index (χ3v) is 7.81. The van der Waals surface area contributed by atoms with Gasteiger partial charge in [-0.2, -0.15) is 13.0 Å². The van der Waals surface area contributed by atoms with E-state index in [1.54, 1.807) is 17.8 Å². The summed E-state index contributed by atoms with van der Waals surface area (Å²) in [5, 5.41) is 5.37. The highest BCUT2D eigenvalue weighted by molar-refractivity contribution is 8.03. The minimum absolute atomic E-state index is 0.238. The van der Waals surface area contributed by atoms with Crippen molar-refractivity contribution in [2.24, 2.45) is 0 Å². The van der Waals surface area contributed by atoms with Crippen LogP contribution in [0.3, 0.4) is 0 Å². The molecule has 3 aromatic rings. The summed E-state index contributed by atoms with van der Waals surface area (Å²) in [6.07, 6.45) is 5.21. The maximum atomic E-state index is 13.9. The Hall–Kier alpha value is -2.20. The van der Waals surface area contributed by atoms with E-state index in [1.165, 1.54) is 28.4 Å². The second-order valence-electron chi connectivity index (χ2n) is 7.15. The third-order valence-electron chi connectivity index (χ3n) is 4.87. The fraction of sp³-hybridized carbons (Fsp3) is 0.227. The van der Waals surface area contributed by atoms with Crippen molar-refractivity contribution in [3.8, 4) is 0 Å². The Morgan fingerprint density at radius 1 is 1.26 bits per heavy atom. The largest absolute Gasteiger partial charge is 0.349 e. The van der Waals surface area contributed by atoms with Crippen LogP contribution < -0.4 is 9.88 Å². The van der Waals surface area contributed by atoms with Crippen LogP contribution in [0.5, 0.6) is 0 Å². The number of allylic oxidation sites excluding steroid dienone is 2. The van der Waals surface area contributed by atoms with E-state index in [-0.39, 0.29) is 18.0 Å². The number of halogens is 1. The normalized spacial score (nSPS) is 15.5. The molecule has 0 fully saturated rings. The topological polar surface area (TPSA) is 70.3 Å². The zero-order chi connectivity index (χ0) is 22.0. The Labute approximate surface area is 189 Å². The molecule has 0 unspecified atom stereocenters. The average molecular weight is 478 g/mol. The fourth-order valence-electron chi connectivity index (χ4n) is 3.39. The zero-order valence-corrected chi connectivity index (χ0v) is 19.3. The molecule has 0 amide bonds. The lowest BCUT2D eigenvalue weighted by molar-refractivity contribution is -0.668. The molecule has 4 rings (SSSR count). The predicted octanol–water partition coefficient (Wildman–Crippen LogP) is 5.46. The van der Waals surface area contributed by atoms with Gasteiger partial charge in [-0.25, -0.2) is 4.39 Å². The van der Waals surface area contributed by atoms with E-state index in [9.17, 15) is 12.8 Å². The van der Waals surface area contributed by atoms with Crippen LogP contribution in [0.15, 0.2) is 64.0 Å². The molecule has 0 aliphatic carbocycles. The molecule has 0 radical (unpaired) electrons. The summed E-state index contributed by atoms with van der Waals surface area (Å²) in [7, 11) is -4.04.